The van der Waals surface area contributed by atoms with Crippen LogP contribution in [0.5, 0.6) is 0 Å². The topological polar surface area (TPSA) is 86.8 Å². The lowest BCUT2D eigenvalue weighted by molar-refractivity contribution is -0.140. The molecule has 0 saturated carbocycles. The van der Waals surface area contributed by atoms with Gasteiger partial charge < -0.3 is 5.32 Å². The van der Waals surface area contributed by atoms with Gasteiger partial charge in [-0.25, -0.2) is 4.79 Å². The fourth-order valence-corrected chi connectivity index (χ4v) is 4.53. The number of aryl methyl sites for hydroxylation is 1. The Hall–Kier alpha value is -2.70. The predicted molar refractivity (Wildman–Crippen MR) is 96.7 cm³/mol. The number of amides is 5. The smallest absolute Gasteiger partial charge is 0.324 e. The van der Waals surface area contributed by atoms with E-state index in [9.17, 15) is 19.2 Å². The predicted octanol–water partition coefficient (Wildman–Crippen LogP) is 1.35. The Morgan fingerprint density at radius 2 is 1.70 bits per heavy atom. The lowest BCUT2D eigenvalue weighted by Crippen LogP contribution is -2.41. The Balaban J connectivity index is 1.44. The van der Waals surface area contributed by atoms with Crippen molar-refractivity contribution in [2.45, 2.75) is 50.5 Å². The number of fused-ring (bicyclic) bond motifs is 2. The highest BCUT2D eigenvalue weighted by Crippen LogP contribution is 2.46. The summed E-state index contributed by atoms with van der Waals surface area (Å²) in [5, 5.41) is 2.63. The Morgan fingerprint density at radius 3 is 2.41 bits per heavy atom. The molecule has 0 aromatic heterocycles. The molecule has 2 aliphatic heterocycles. The Labute approximate surface area is 157 Å². The molecular weight excluding hydrogens is 346 g/mol. The number of likely N-dealkylation sites (tertiary alicyclic amines) is 1. The monoisotopic (exact) mass is 369 g/mol. The number of urea groups is 1. The first kappa shape index (κ1) is 17.7. The van der Waals surface area contributed by atoms with Crippen molar-refractivity contribution in [3.63, 3.8) is 0 Å². The van der Waals surface area contributed by atoms with Crippen molar-refractivity contribution in [2.24, 2.45) is 0 Å². The van der Waals surface area contributed by atoms with Gasteiger partial charge in [-0.3, -0.25) is 24.2 Å². The van der Waals surface area contributed by atoms with Crippen LogP contribution in [0.15, 0.2) is 24.3 Å². The zero-order valence-corrected chi connectivity index (χ0v) is 15.6. The summed E-state index contributed by atoms with van der Waals surface area (Å²) in [6.07, 6.45) is 2.05. The molecule has 4 rings (SSSR count). The van der Waals surface area contributed by atoms with E-state index in [0.717, 1.165) is 22.4 Å². The van der Waals surface area contributed by atoms with Gasteiger partial charge in [-0.15, -0.1) is 0 Å². The van der Waals surface area contributed by atoms with E-state index < -0.39 is 17.0 Å². The summed E-state index contributed by atoms with van der Waals surface area (Å²) in [6, 6.07) is 7.41. The van der Waals surface area contributed by atoms with Crippen LogP contribution in [-0.2, 0) is 26.2 Å². The van der Waals surface area contributed by atoms with Gasteiger partial charge >= 0.3 is 6.03 Å². The molecule has 0 radical (unpaired) electrons. The summed E-state index contributed by atoms with van der Waals surface area (Å²) in [7, 11) is 0. The van der Waals surface area contributed by atoms with Crippen LogP contribution in [0.2, 0.25) is 0 Å². The van der Waals surface area contributed by atoms with Crippen LogP contribution < -0.4 is 5.32 Å². The van der Waals surface area contributed by atoms with Crippen molar-refractivity contribution in [1.82, 2.24) is 15.1 Å². The van der Waals surface area contributed by atoms with Crippen molar-refractivity contribution in [1.29, 1.82) is 0 Å². The van der Waals surface area contributed by atoms with Crippen molar-refractivity contribution in [3.8, 4) is 0 Å². The minimum Gasteiger partial charge on any atom is -0.324 e. The molecule has 1 aliphatic carbocycles. The van der Waals surface area contributed by atoms with Gasteiger partial charge in [0.25, 0.3) is 5.91 Å². The lowest BCUT2D eigenvalue weighted by atomic mass is 9.80. The van der Waals surface area contributed by atoms with Crippen LogP contribution in [0.4, 0.5) is 4.79 Å². The first-order valence-corrected chi connectivity index (χ1v) is 9.33. The largest absolute Gasteiger partial charge is 0.325 e. The molecule has 3 aliphatic rings. The number of imide groups is 2. The summed E-state index contributed by atoms with van der Waals surface area (Å²) in [5.41, 5.74) is 0.480. The molecule has 2 saturated heterocycles. The number of benzene rings is 1. The number of nitrogens with one attached hydrogen (secondary N) is 1. The number of hydrogen-bond acceptors (Lipinski definition) is 4. The molecule has 27 heavy (non-hydrogen) atoms. The second kappa shape index (κ2) is 5.90. The van der Waals surface area contributed by atoms with Crippen LogP contribution in [0.25, 0.3) is 0 Å². The van der Waals surface area contributed by atoms with Crippen molar-refractivity contribution in [2.75, 3.05) is 13.1 Å². The van der Waals surface area contributed by atoms with Gasteiger partial charge in [0.15, 0.2) is 0 Å². The summed E-state index contributed by atoms with van der Waals surface area (Å²) >= 11 is 0. The van der Waals surface area contributed by atoms with Crippen LogP contribution in [0.1, 0.15) is 44.2 Å². The van der Waals surface area contributed by atoms with Crippen LogP contribution in [0, 0.1) is 0 Å². The molecule has 0 bridgehead atoms. The quantitative estimate of drug-likeness (QED) is 0.641. The number of carbonyl (C=O) groups excluding carboxylic acids is 4. The summed E-state index contributed by atoms with van der Waals surface area (Å²) in [6.45, 7) is 3.72. The van der Waals surface area contributed by atoms with E-state index in [1.54, 1.807) is 13.8 Å². The molecule has 1 spiro atoms. The van der Waals surface area contributed by atoms with Crippen molar-refractivity contribution < 1.29 is 19.2 Å². The van der Waals surface area contributed by atoms with Gasteiger partial charge in [-0.05, 0) is 44.2 Å². The second-order valence-corrected chi connectivity index (χ2v) is 8.13. The molecule has 1 aromatic carbocycles. The maximum atomic E-state index is 13.1. The van der Waals surface area contributed by atoms with E-state index in [4.69, 9.17) is 0 Å². The van der Waals surface area contributed by atoms with Crippen LogP contribution in [-0.4, -0.2) is 52.2 Å². The highest BCUT2D eigenvalue weighted by atomic mass is 16.2. The van der Waals surface area contributed by atoms with E-state index >= 15 is 0 Å². The van der Waals surface area contributed by atoms with E-state index in [2.05, 4.69) is 5.32 Å². The summed E-state index contributed by atoms with van der Waals surface area (Å²) in [5.74, 6) is -0.600. The zero-order chi connectivity index (χ0) is 19.4. The Morgan fingerprint density at radius 1 is 1.00 bits per heavy atom. The van der Waals surface area contributed by atoms with Crippen molar-refractivity contribution >= 4 is 23.8 Å². The zero-order valence-electron chi connectivity index (χ0n) is 15.6. The third-order valence-electron chi connectivity index (χ3n) is 5.97. The fourth-order valence-electron chi connectivity index (χ4n) is 4.53. The molecular formula is C20H23N3O4. The number of hydrogen-bond donors (Lipinski definition) is 1. The highest BCUT2D eigenvalue weighted by molar-refractivity contribution is 6.09. The van der Waals surface area contributed by atoms with Gasteiger partial charge in [-0.1, -0.05) is 24.3 Å². The minimum absolute atomic E-state index is 0.144. The van der Waals surface area contributed by atoms with Crippen molar-refractivity contribution in [3.05, 3.63) is 35.4 Å². The Bertz CT molecular complexity index is 863. The minimum atomic E-state index is -0.909. The third kappa shape index (κ3) is 2.56. The standard InChI is InChI=1S/C20H23N3O4/c1-19(2)16(25)23(18(27)21-19)11-5-10-22-15(24)12-20(17(22)26)9-8-13-6-3-4-7-14(13)20/h3-4,6-7H,5,8-12H2,1-2H3,(H,21,27). The van der Waals surface area contributed by atoms with Gasteiger partial charge in [0, 0.05) is 19.5 Å². The number of carbonyl (C=O) groups is 4. The maximum Gasteiger partial charge on any atom is 0.325 e. The van der Waals surface area contributed by atoms with Gasteiger partial charge in [0.2, 0.25) is 11.8 Å². The molecule has 1 atom stereocenters. The molecule has 1 N–H and O–H groups in total. The van der Waals surface area contributed by atoms with Crippen LogP contribution >= 0.6 is 0 Å². The Kier molecular flexibility index (Phi) is 3.87. The first-order chi connectivity index (χ1) is 12.8. The summed E-state index contributed by atoms with van der Waals surface area (Å²) in [4.78, 5) is 52.3. The average Bonchev–Trinajstić information content (AvgIpc) is 3.17. The SMILES string of the molecule is CC1(C)NC(=O)N(CCCN2C(=O)CC3(CCc4ccccc43)C2=O)C1=O. The third-order valence-corrected chi connectivity index (χ3v) is 5.97. The number of nitrogens with zero attached hydrogens (tertiary/aromatic N) is 2. The molecule has 1 unspecified atom stereocenters. The van der Waals surface area contributed by atoms with Gasteiger partial charge in [0.1, 0.15) is 5.54 Å². The normalized spacial score (nSPS) is 26.3. The highest BCUT2D eigenvalue weighted by Gasteiger charge is 2.55. The summed E-state index contributed by atoms with van der Waals surface area (Å²) < 4.78 is 0. The first-order valence-electron chi connectivity index (χ1n) is 9.33. The van der Waals surface area contributed by atoms with Crippen LogP contribution in [0.3, 0.4) is 0 Å². The lowest BCUT2D eigenvalue weighted by Gasteiger charge is -2.23. The molecule has 2 fully saturated rings. The second-order valence-electron chi connectivity index (χ2n) is 8.13. The molecule has 7 heteroatoms. The average molecular weight is 369 g/mol. The molecule has 2 heterocycles. The van der Waals surface area contributed by atoms with E-state index in [1.807, 2.05) is 24.3 Å². The maximum absolute atomic E-state index is 13.1. The fraction of sp³-hybridized carbons (Fsp3) is 0.500. The van der Waals surface area contributed by atoms with Gasteiger partial charge in [0.05, 0.1) is 5.41 Å². The molecule has 1 aromatic rings. The van der Waals surface area contributed by atoms with E-state index in [0.29, 0.717) is 12.8 Å². The number of rotatable bonds is 4. The molecule has 5 amide bonds. The van der Waals surface area contributed by atoms with Gasteiger partial charge in [-0.2, -0.15) is 0 Å². The van der Waals surface area contributed by atoms with E-state index in [-0.39, 0.29) is 37.2 Å². The van der Waals surface area contributed by atoms with E-state index in [1.165, 1.54) is 4.90 Å². The molecule has 7 nitrogen and oxygen atoms in total. The molecule has 142 valence electrons.